The fraction of sp³-hybridized carbons (Fsp3) is 0.273. The molecule has 0 aliphatic carbocycles. The number of nitrogens with zero attached hydrogens (tertiary/aromatic N) is 3. The Bertz CT molecular complexity index is 1770. The Morgan fingerprint density at radius 2 is 1.67 bits per heavy atom. The number of halogens is 3. The molecule has 5 aromatic rings. The standard InChI is InChI=1S/C33H30F3N3O3/c1-2-21-18-25-30(41)26(23-19-37-39(20-23)24-14-8-4-9-15-24)32(33(34,35)36)42-31(25)27(29(21)40)28(22-12-6-3-7-13-22)38-16-10-5-11-17-38/h3-4,6-9,12-15,18-20,28,40H,2,5,10-11,16-17H2,1H3. The Balaban J connectivity index is 1.65. The van der Waals surface area contributed by atoms with Gasteiger partial charge in [0.05, 0.1) is 34.4 Å². The van der Waals surface area contributed by atoms with Crippen LogP contribution in [0.25, 0.3) is 27.8 Å². The van der Waals surface area contributed by atoms with Crippen LogP contribution in [0, 0.1) is 0 Å². The summed E-state index contributed by atoms with van der Waals surface area (Å²) in [5, 5.41) is 15.8. The van der Waals surface area contributed by atoms with Gasteiger partial charge in [-0.25, -0.2) is 4.68 Å². The summed E-state index contributed by atoms with van der Waals surface area (Å²) in [6, 6.07) is 19.1. The topological polar surface area (TPSA) is 71.5 Å². The molecule has 1 saturated heterocycles. The lowest BCUT2D eigenvalue weighted by atomic mass is 9.89. The van der Waals surface area contributed by atoms with E-state index in [2.05, 4.69) is 10.00 Å². The fourth-order valence-corrected chi connectivity index (χ4v) is 5.93. The van der Waals surface area contributed by atoms with Gasteiger partial charge in [-0.15, -0.1) is 0 Å². The normalized spacial score (nSPS) is 15.2. The largest absolute Gasteiger partial charge is 0.507 e. The second kappa shape index (κ2) is 11.1. The van der Waals surface area contributed by atoms with Gasteiger partial charge in [-0.1, -0.05) is 61.9 Å². The Hall–Kier alpha value is -4.37. The van der Waals surface area contributed by atoms with Crippen molar-refractivity contribution in [3.8, 4) is 22.6 Å². The molecule has 6 nitrogen and oxygen atoms in total. The molecule has 0 spiro atoms. The molecule has 3 aromatic carbocycles. The van der Waals surface area contributed by atoms with E-state index in [1.54, 1.807) is 24.3 Å². The van der Waals surface area contributed by atoms with E-state index < -0.39 is 29.0 Å². The van der Waals surface area contributed by atoms with E-state index in [1.165, 1.54) is 23.1 Å². The summed E-state index contributed by atoms with van der Waals surface area (Å²) in [6.07, 6.45) is 0.909. The molecule has 2 aromatic heterocycles. The number of likely N-dealkylation sites (tertiary alicyclic amines) is 1. The van der Waals surface area contributed by atoms with Crippen LogP contribution < -0.4 is 5.43 Å². The lowest BCUT2D eigenvalue weighted by Crippen LogP contribution is -2.34. The van der Waals surface area contributed by atoms with Gasteiger partial charge in [0, 0.05) is 11.8 Å². The predicted molar refractivity (Wildman–Crippen MR) is 155 cm³/mol. The number of aromatic nitrogens is 2. The van der Waals surface area contributed by atoms with Crippen LogP contribution in [0.5, 0.6) is 5.75 Å². The molecule has 9 heteroatoms. The highest BCUT2D eigenvalue weighted by Gasteiger charge is 2.41. The van der Waals surface area contributed by atoms with E-state index in [-0.39, 0.29) is 27.8 Å². The molecule has 1 aliphatic heterocycles. The lowest BCUT2D eigenvalue weighted by Gasteiger charge is -2.36. The molecule has 0 amide bonds. The number of piperidine rings is 1. The maximum Gasteiger partial charge on any atom is 0.450 e. The third-order valence-electron chi connectivity index (χ3n) is 7.94. The molecule has 216 valence electrons. The zero-order chi connectivity index (χ0) is 29.4. The van der Waals surface area contributed by atoms with Crippen molar-refractivity contribution >= 4 is 11.0 Å². The van der Waals surface area contributed by atoms with Gasteiger partial charge >= 0.3 is 6.18 Å². The van der Waals surface area contributed by atoms with Crippen LogP contribution in [0.1, 0.15) is 54.7 Å². The van der Waals surface area contributed by atoms with Crippen LogP contribution in [-0.2, 0) is 12.6 Å². The number of benzene rings is 3. The minimum atomic E-state index is -4.98. The quantitative estimate of drug-likeness (QED) is 0.228. The van der Waals surface area contributed by atoms with Crippen LogP contribution in [0.4, 0.5) is 13.2 Å². The Morgan fingerprint density at radius 3 is 2.31 bits per heavy atom. The number of aromatic hydroxyl groups is 1. The van der Waals surface area contributed by atoms with E-state index in [0.717, 1.165) is 24.8 Å². The van der Waals surface area contributed by atoms with Gasteiger partial charge < -0.3 is 9.52 Å². The molecule has 1 unspecified atom stereocenters. The van der Waals surface area contributed by atoms with Gasteiger partial charge in [0.1, 0.15) is 11.3 Å². The number of alkyl halides is 3. The number of hydrogen-bond donors (Lipinski definition) is 1. The molecule has 0 saturated carbocycles. The van der Waals surface area contributed by atoms with Crippen LogP contribution in [0.3, 0.4) is 0 Å². The highest BCUT2D eigenvalue weighted by atomic mass is 19.4. The summed E-state index contributed by atoms with van der Waals surface area (Å²) in [6.45, 7) is 3.23. The number of aryl methyl sites for hydroxylation is 1. The number of phenols is 1. The van der Waals surface area contributed by atoms with Crippen molar-refractivity contribution in [1.29, 1.82) is 0 Å². The molecule has 1 atom stereocenters. The van der Waals surface area contributed by atoms with Crippen LogP contribution >= 0.6 is 0 Å². The zero-order valence-electron chi connectivity index (χ0n) is 23.1. The maximum absolute atomic E-state index is 14.7. The van der Waals surface area contributed by atoms with Crippen molar-refractivity contribution < 1.29 is 22.7 Å². The smallest absolute Gasteiger partial charge is 0.450 e. The average molecular weight is 574 g/mol. The highest BCUT2D eigenvalue weighted by molar-refractivity contribution is 5.88. The minimum Gasteiger partial charge on any atom is -0.507 e. The van der Waals surface area contributed by atoms with E-state index >= 15 is 0 Å². The van der Waals surface area contributed by atoms with E-state index in [0.29, 0.717) is 30.8 Å². The zero-order valence-corrected chi connectivity index (χ0v) is 23.1. The van der Waals surface area contributed by atoms with Crippen molar-refractivity contribution in [2.45, 2.75) is 44.8 Å². The van der Waals surface area contributed by atoms with Crippen molar-refractivity contribution in [2.24, 2.45) is 0 Å². The second-order valence-electron chi connectivity index (χ2n) is 10.6. The molecule has 1 N–H and O–H groups in total. The molecular formula is C33H30F3N3O3. The van der Waals surface area contributed by atoms with Gasteiger partial charge in [-0.3, -0.25) is 9.69 Å². The molecule has 6 rings (SSSR count). The lowest BCUT2D eigenvalue weighted by molar-refractivity contribution is -0.152. The highest BCUT2D eigenvalue weighted by Crippen LogP contribution is 2.45. The first-order valence-electron chi connectivity index (χ1n) is 14.1. The first-order chi connectivity index (χ1) is 20.3. The summed E-state index contributed by atoms with van der Waals surface area (Å²) >= 11 is 0. The number of rotatable bonds is 6. The molecule has 3 heterocycles. The average Bonchev–Trinajstić information content (AvgIpc) is 3.49. The first kappa shape index (κ1) is 27.8. The van der Waals surface area contributed by atoms with E-state index in [4.69, 9.17) is 4.42 Å². The van der Waals surface area contributed by atoms with Gasteiger partial charge in [-0.2, -0.15) is 18.3 Å². The summed E-state index contributed by atoms with van der Waals surface area (Å²) in [7, 11) is 0. The summed E-state index contributed by atoms with van der Waals surface area (Å²) < 4.78 is 51.3. The monoisotopic (exact) mass is 573 g/mol. The molecule has 1 aliphatic rings. The molecule has 0 radical (unpaired) electrons. The fourth-order valence-electron chi connectivity index (χ4n) is 5.93. The minimum absolute atomic E-state index is 0.00643. The van der Waals surface area contributed by atoms with Gasteiger partial charge in [0.2, 0.25) is 11.2 Å². The number of para-hydroxylation sites is 1. The summed E-state index contributed by atoms with van der Waals surface area (Å²) in [5.74, 6) is -1.56. The number of hydrogen-bond acceptors (Lipinski definition) is 5. The van der Waals surface area contributed by atoms with Gasteiger partial charge in [0.15, 0.2) is 0 Å². The summed E-state index contributed by atoms with van der Waals surface area (Å²) in [5.41, 5.74) is 0.400. The Morgan fingerprint density at radius 1 is 1.00 bits per heavy atom. The predicted octanol–water partition coefficient (Wildman–Crippen LogP) is 7.51. The molecule has 0 bridgehead atoms. The number of phenolic OH excluding ortho intramolecular Hbond substituents is 1. The SMILES string of the molecule is CCc1cc2c(=O)c(-c3cnn(-c4ccccc4)c3)c(C(F)(F)F)oc2c(C(c2ccccc2)N2CCCCC2)c1O. The third kappa shape index (κ3) is 4.98. The molecule has 42 heavy (non-hydrogen) atoms. The Labute approximate surface area is 240 Å². The number of fused-ring (bicyclic) bond motifs is 1. The van der Waals surface area contributed by atoms with Crippen LogP contribution in [0.2, 0.25) is 0 Å². The first-order valence-corrected chi connectivity index (χ1v) is 14.1. The van der Waals surface area contributed by atoms with Crippen molar-refractivity contribution in [2.75, 3.05) is 13.1 Å². The van der Waals surface area contributed by atoms with E-state index in [1.807, 2.05) is 43.3 Å². The van der Waals surface area contributed by atoms with Crippen LogP contribution in [0.15, 0.2) is 88.3 Å². The van der Waals surface area contributed by atoms with Crippen molar-refractivity contribution in [3.05, 3.63) is 112 Å². The van der Waals surface area contributed by atoms with Gasteiger partial charge in [0.25, 0.3) is 0 Å². The Kier molecular flexibility index (Phi) is 7.36. The van der Waals surface area contributed by atoms with Crippen molar-refractivity contribution in [3.63, 3.8) is 0 Å². The third-order valence-corrected chi connectivity index (χ3v) is 7.94. The molecule has 1 fully saturated rings. The van der Waals surface area contributed by atoms with Crippen molar-refractivity contribution in [1.82, 2.24) is 14.7 Å². The van der Waals surface area contributed by atoms with Crippen LogP contribution in [-0.4, -0.2) is 32.9 Å². The second-order valence-corrected chi connectivity index (χ2v) is 10.6. The maximum atomic E-state index is 14.7. The van der Waals surface area contributed by atoms with Gasteiger partial charge in [-0.05, 0) is 61.7 Å². The summed E-state index contributed by atoms with van der Waals surface area (Å²) in [4.78, 5) is 16.3. The molecular weight excluding hydrogens is 543 g/mol. The van der Waals surface area contributed by atoms with E-state index in [9.17, 15) is 23.1 Å².